The van der Waals surface area contributed by atoms with Crippen molar-refractivity contribution in [1.29, 1.82) is 0 Å². The fraction of sp³-hybridized carbons (Fsp3) is 0.211. The summed E-state index contributed by atoms with van der Waals surface area (Å²) in [6.45, 7) is 2.65. The van der Waals surface area contributed by atoms with Crippen molar-refractivity contribution >= 4 is 29.1 Å². The number of amides is 2. The van der Waals surface area contributed by atoms with E-state index in [4.69, 9.17) is 17.0 Å². The lowest BCUT2D eigenvalue weighted by Gasteiger charge is -2.11. The lowest BCUT2D eigenvalue weighted by molar-refractivity contribution is -0.121. The highest BCUT2D eigenvalue weighted by atomic mass is 32.1. The monoisotopic (exact) mass is 371 g/mol. The first-order chi connectivity index (χ1) is 12.6. The molecule has 7 heteroatoms. The molecule has 2 amide bonds. The Bertz CT molecular complexity index is 748. The third kappa shape index (κ3) is 6.52. The average molecular weight is 371 g/mol. The van der Waals surface area contributed by atoms with Gasteiger partial charge in [0.2, 0.25) is 5.91 Å². The van der Waals surface area contributed by atoms with Gasteiger partial charge in [-0.25, -0.2) is 0 Å². The molecule has 0 atom stereocenters. The number of hydrogen-bond acceptors (Lipinski definition) is 4. The van der Waals surface area contributed by atoms with Crippen molar-refractivity contribution in [3.63, 3.8) is 0 Å². The summed E-state index contributed by atoms with van der Waals surface area (Å²) in [6.07, 6.45) is 1.13. The fourth-order valence-corrected chi connectivity index (χ4v) is 2.22. The van der Waals surface area contributed by atoms with Gasteiger partial charge >= 0.3 is 0 Å². The maximum atomic E-state index is 12.1. The van der Waals surface area contributed by atoms with Crippen molar-refractivity contribution in [3.8, 4) is 5.75 Å². The Morgan fingerprint density at radius 3 is 2.35 bits per heavy atom. The molecule has 6 nitrogen and oxygen atoms in total. The highest BCUT2D eigenvalue weighted by Gasteiger charge is 2.09. The van der Waals surface area contributed by atoms with Crippen molar-refractivity contribution in [3.05, 3.63) is 65.7 Å². The smallest absolute Gasteiger partial charge is 0.257 e. The molecule has 0 fully saturated rings. The largest absolute Gasteiger partial charge is 0.494 e. The molecular formula is C19H21N3O3S. The van der Waals surface area contributed by atoms with Crippen LogP contribution in [0.15, 0.2) is 54.6 Å². The van der Waals surface area contributed by atoms with Gasteiger partial charge in [-0.2, -0.15) is 0 Å². The van der Waals surface area contributed by atoms with E-state index >= 15 is 0 Å². The van der Waals surface area contributed by atoms with Crippen LogP contribution >= 0.6 is 12.2 Å². The first-order valence-electron chi connectivity index (χ1n) is 8.25. The summed E-state index contributed by atoms with van der Waals surface area (Å²) in [6, 6.07) is 16.1. The zero-order chi connectivity index (χ0) is 18.8. The van der Waals surface area contributed by atoms with E-state index in [-0.39, 0.29) is 23.3 Å². The number of hydrazine groups is 1. The van der Waals surface area contributed by atoms with E-state index in [9.17, 15) is 9.59 Å². The van der Waals surface area contributed by atoms with Gasteiger partial charge in [-0.3, -0.25) is 25.8 Å². The predicted octanol–water partition coefficient (Wildman–Crippen LogP) is 2.35. The molecule has 2 aromatic carbocycles. The summed E-state index contributed by atoms with van der Waals surface area (Å²) >= 11 is 5.01. The second kappa shape index (κ2) is 10.1. The second-order valence-corrected chi connectivity index (χ2v) is 5.90. The number of carbonyl (C=O) groups excluding carboxylic acids is 2. The Morgan fingerprint density at radius 1 is 1.00 bits per heavy atom. The van der Waals surface area contributed by atoms with Gasteiger partial charge in [-0.1, -0.05) is 37.3 Å². The highest BCUT2D eigenvalue weighted by Crippen LogP contribution is 2.12. The zero-order valence-corrected chi connectivity index (χ0v) is 15.3. The lowest BCUT2D eigenvalue weighted by atomic mass is 10.1. The molecule has 0 aliphatic rings. The van der Waals surface area contributed by atoms with Crippen LogP contribution in [0.2, 0.25) is 0 Å². The van der Waals surface area contributed by atoms with E-state index in [1.807, 2.05) is 37.3 Å². The van der Waals surface area contributed by atoms with Crippen LogP contribution in [-0.2, 0) is 11.2 Å². The number of carbonyl (C=O) groups is 2. The molecule has 2 aromatic rings. The Morgan fingerprint density at radius 2 is 1.69 bits per heavy atom. The third-order valence-corrected chi connectivity index (χ3v) is 3.54. The van der Waals surface area contributed by atoms with E-state index < -0.39 is 0 Å². The fourth-order valence-electron chi connectivity index (χ4n) is 2.08. The number of thiocarbonyl (C=S) groups is 1. The predicted molar refractivity (Wildman–Crippen MR) is 104 cm³/mol. The molecule has 0 heterocycles. The number of ether oxygens (including phenoxy) is 1. The maximum absolute atomic E-state index is 12.1. The number of rotatable bonds is 6. The average Bonchev–Trinajstić information content (AvgIpc) is 2.66. The SMILES string of the molecule is CCCOc1ccc(C(=O)NC(=S)NNC(=O)Cc2ccccc2)cc1. The molecule has 0 unspecified atom stereocenters. The van der Waals surface area contributed by atoms with Crippen molar-refractivity contribution < 1.29 is 14.3 Å². The number of benzene rings is 2. The van der Waals surface area contributed by atoms with E-state index in [1.165, 1.54) is 0 Å². The zero-order valence-electron chi connectivity index (χ0n) is 14.5. The molecule has 0 saturated heterocycles. The van der Waals surface area contributed by atoms with Gasteiger partial charge in [-0.05, 0) is 48.5 Å². The summed E-state index contributed by atoms with van der Waals surface area (Å²) in [4.78, 5) is 24.0. The molecule has 0 saturated carbocycles. The first kappa shape index (κ1) is 19.4. The molecule has 136 valence electrons. The van der Waals surface area contributed by atoms with E-state index in [0.717, 1.165) is 12.0 Å². The van der Waals surface area contributed by atoms with Gasteiger partial charge < -0.3 is 4.74 Å². The van der Waals surface area contributed by atoms with Crippen molar-refractivity contribution in [2.24, 2.45) is 0 Å². The second-order valence-electron chi connectivity index (χ2n) is 5.49. The standard InChI is InChI=1S/C19H21N3O3S/c1-2-12-25-16-10-8-15(9-11-16)18(24)20-19(26)22-21-17(23)13-14-6-4-3-5-7-14/h3-11H,2,12-13H2,1H3,(H,21,23)(H2,20,22,24,26). The van der Waals surface area contributed by atoms with Gasteiger partial charge in [0, 0.05) is 5.56 Å². The normalized spacial score (nSPS) is 9.88. The molecule has 0 aromatic heterocycles. The van der Waals surface area contributed by atoms with Crippen molar-refractivity contribution in [2.45, 2.75) is 19.8 Å². The molecule has 2 rings (SSSR count). The molecule has 0 aliphatic carbocycles. The summed E-state index contributed by atoms with van der Waals surface area (Å²) < 4.78 is 5.47. The Kier molecular flexibility index (Phi) is 7.57. The van der Waals surface area contributed by atoms with Gasteiger partial charge in [0.1, 0.15) is 5.75 Å². The molecule has 0 bridgehead atoms. The molecule has 0 spiro atoms. The van der Waals surface area contributed by atoms with Gasteiger partial charge in [0.25, 0.3) is 5.91 Å². The minimum atomic E-state index is -0.373. The van der Waals surface area contributed by atoms with Crippen molar-refractivity contribution in [1.82, 2.24) is 16.2 Å². The Hall–Kier alpha value is -2.93. The number of nitrogens with one attached hydrogen (secondary N) is 3. The molecule has 3 N–H and O–H groups in total. The Balaban J connectivity index is 1.76. The Labute approximate surface area is 157 Å². The van der Waals surface area contributed by atoms with Crippen LogP contribution in [0.3, 0.4) is 0 Å². The van der Waals surface area contributed by atoms with Crippen LogP contribution in [0.1, 0.15) is 29.3 Å². The van der Waals surface area contributed by atoms with E-state index in [0.29, 0.717) is 17.9 Å². The highest BCUT2D eigenvalue weighted by molar-refractivity contribution is 7.80. The van der Waals surface area contributed by atoms with E-state index in [1.54, 1.807) is 24.3 Å². The minimum absolute atomic E-state index is 0.0164. The van der Waals surface area contributed by atoms with Crippen molar-refractivity contribution in [2.75, 3.05) is 6.61 Å². The van der Waals surface area contributed by atoms with Crippen LogP contribution < -0.4 is 20.9 Å². The third-order valence-electron chi connectivity index (χ3n) is 3.34. The summed E-state index contributed by atoms with van der Waals surface area (Å²) in [5, 5.41) is 2.52. The maximum Gasteiger partial charge on any atom is 0.257 e. The van der Waals surface area contributed by atoms with Gasteiger partial charge in [0.15, 0.2) is 5.11 Å². The van der Waals surface area contributed by atoms with Gasteiger partial charge in [0.05, 0.1) is 13.0 Å². The van der Waals surface area contributed by atoms with Crippen LogP contribution in [0.4, 0.5) is 0 Å². The molecule has 0 radical (unpaired) electrons. The topological polar surface area (TPSA) is 79.5 Å². The number of hydrogen-bond donors (Lipinski definition) is 3. The molecular weight excluding hydrogens is 350 g/mol. The lowest BCUT2D eigenvalue weighted by Crippen LogP contribution is -2.48. The van der Waals surface area contributed by atoms with E-state index in [2.05, 4.69) is 16.2 Å². The summed E-state index contributed by atoms with van der Waals surface area (Å²) in [5.41, 5.74) is 6.29. The van der Waals surface area contributed by atoms with Crippen LogP contribution in [0.25, 0.3) is 0 Å². The van der Waals surface area contributed by atoms with Crippen LogP contribution in [-0.4, -0.2) is 23.5 Å². The quantitative estimate of drug-likeness (QED) is 0.537. The minimum Gasteiger partial charge on any atom is -0.494 e. The van der Waals surface area contributed by atoms with Crippen LogP contribution in [0.5, 0.6) is 5.75 Å². The summed E-state index contributed by atoms with van der Waals surface area (Å²) in [7, 11) is 0. The van der Waals surface area contributed by atoms with Crippen LogP contribution in [0, 0.1) is 0 Å². The molecule has 26 heavy (non-hydrogen) atoms. The van der Waals surface area contributed by atoms with Gasteiger partial charge in [-0.15, -0.1) is 0 Å². The summed E-state index contributed by atoms with van der Waals surface area (Å²) in [5.74, 6) is 0.0735. The molecule has 0 aliphatic heterocycles. The first-order valence-corrected chi connectivity index (χ1v) is 8.66.